The minimum atomic E-state index is -0.0186. The first kappa shape index (κ1) is 16.9. The lowest BCUT2D eigenvalue weighted by molar-refractivity contribution is -0.00971. The summed E-state index contributed by atoms with van der Waals surface area (Å²) in [5, 5.41) is 13.1. The van der Waals surface area contributed by atoms with Crippen LogP contribution in [0.25, 0.3) is 0 Å². The van der Waals surface area contributed by atoms with Crippen molar-refractivity contribution in [2.45, 2.75) is 44.1 Å². The quantitative estimate of drug-likeness (QED) is 0.875. The van der Waals surface area contributed by atoms with Crippen molar-refractivity contribution < 1.29 is 4.79 Å². The molecule has 6 rings (SSSR count). The molecule has 8 heteroatoms. The SMILES string of the molecule is O=C(Nc1nnc(C2CCC2)s1)N1CCN([C@@H]2CN3CCC2CC3)CC1. The molecule has 0 unspecified atom stereocenters. The molecule has 1 N–H and O–H groups in total. The Morgan fingerprint density at radius 1 is 1.00 bits per heavy atom. The number of hydrogen-bond donors (Lipinski definition) is 1. The maximum atomic E-state index is 12.6. The van der Waals surface area contributed by atoms with Gasteiger partial charge >= 0.3 is 6.03 Å². The second-order valence-electron chi connectivity index (χ2n) is 8.23. The van der Waals surface area contributed by atoms with Crippen LogP contribution in [-0.2, 0) is 0 Å². The molecular formula is C18H28N6OS. The van der Waals surface area contributed by atoms with Crippen LogP contribution >= 0.6 is 11.3 Å². The molecule has 2 bridgehead atoms. The van der Waals surface area contributed by atoms with Gasteiger partial charge in [0.1, 0.15) is 5.01 Å². The van der Waals surface area contributed by atoms with Gasteiger partial charge in [0, 0.05) is 44.7 Å². The molecule has 7 nitrogen and oxygen atoms in total. The van der Waals surface area contributed by atoms with Gasteiger partial charge in [-0.05, 0) is 44.7 Å². The number of anilines is 1. The number of rotatable bonds is 3. The number of fused-ring (bicyclic) bond motifs is 3. The zero-order valence-corrected chi connectivity index (χ0v) is 16.1. The molecule has 1 aliphatic carbocycles. The summed E-state index contributed by atoms with van der Waals surface area (Å²) in [5.41, 5.74) is 0. The minimum absolute atomic E-state index is 0.0186. The molecular weight excluding hydrogens is 348 g/mol. The molecule has 0 spiro atoms. The van der Waals surface area contributed by atoms with E-state index in [2.05, 4.69) is 25.3 Å². The van der Waals surface area contributed by atoms with Gasteiger partial charge in [-0.2, -0.15) is 0 Å². The molecule has 26 heavy (non-hydrogen) atoms. The maximum Gasteiger partial charge on any atom is 0.323 e. The van der Waals surface area contributed by atoms with Crippen LogP contribution in [0.15, 0.2) is 0 Å². The second-order valence-corrected chi connectivity index (χ2v) is 9.24. The molecule has 1 saturated carbocycles. The third-order valence-electron chi connectivity index (χ3n) is 6.80. The highest BCUT2D eigenvalue weighted by Crippen LogP contribution is 2.38. The van der Waals surface area contributed by atoms with Crippen LogP contribution in [-0.4, -0.2) is 82.8 Å². The van der Waals surface area contributed by atoms with E-state index in [1.54, 1.807) is 11.3 Å². The van der Waals surface area contributed by atoms with Crippen LogP contribution in [0.4, 0.5) is 9.93 Å². The predicted molar refractivity (Wildman–Crippen MR) is 102 cm³/mol. The summed E-state index contributed by atoms with van der Waals surface area (Å²) < 4.78 is 0. The number of nitrogens with one attached hydrogen (secondary N) is 1. The van der Waals surface area contributed by atoms with Crippen molar-refractivity contribution >= 4 is 22.5 Å². The lowest BCUT2D eigenvalue weighted by Crippen LogP contribution is -2.61. The number of carbonyl (C=O) groups excluding carboxylic acids is 1. The van der Waals surface area contributed by atoms with E-state index in [1.165, 1.54) is 51.7 Å². The van der Waals surface area contributed by atoms with E-state index in [0.717, 1.165) is 37.1 Å². The van der Waals surface area contributed by atoms with Gasteiger partial charge in [-0.25, -0.2) is 4.79 Å². The van der Waals surface area contributed by atoms with E-state index in [1.807, 2.05) is 4.90 Å². The summed E-state index contributed by atoms with van der Waals surface area (Å²) in [6.07, 6.45) is 6.42. The van der Waals surface area contributed by atoms with Crippen molar-refractivity contribution in [3.05, 3.63) is 5.01 Å². The van der Waals surface area contributed by atoms with E-state index in [4.69, 9.17) is 0 Å². The van der Waals surface area contributed by atoms with E-state index < -0.39 is 0 Å². The Bertz CT molecular complexity index is 646. The fourth-order valence-electron chi connectivity index (χ4n) is 4.88. The number of piperidine rings is 3. The summed E-state index contributed by atoms with van der Waals surface area (Å²) in [7, 11) is 0. The third kappa shape index (κ3) is 3.23. The fraction of sp³-hybridized carbons (Fsp3) is 0.833. The summed E-state index contributed by atoms with van der Waals surface area (Å²) in [5.74, 6) is 1.44. The average Bonchev–Trinajstić information content (AvgIpc) is 3.09. The molecule has 5 aliphatic rings. The highest BCUT2D eigenvalue weighted by molar-refractivity contribution is 7.15. The number of amides is 2. The standard InChI is InChI=1S/C18H28N6OS/c25-18(19-17-21-20-16(26-17)14-2-1-3-14)24-10-8-23(9-11-24)15-12-22-6-4-13(15)5-7-22/h13-15H,1-12H2,(H,19,21,25)/t15-/m1/s1. The number of hydrogen-bond acceptors (Lipinski definition) is 6. The maximum absolute atomic E-state index is 12.6. The molecule has 2 amide bonds. The van der Waals surface area contributed by atoms with Gasteiger partial charge in [-0.1, -0.05) is 17.8 Å². The van der Waals surface area contributed by atoms with Crippen molar-refractivity contribution in [2.75, 3.05) is 51.1 Å². The monoisotopic (exact) mass is 376 g/mol. The number of aromatic nitrogens is 2. The number of nitrogens with zero attached hydrogens (tertiary/aromatic N) is 5. The van der Waals surface area contributed by atoms with Crippen molar-refractivity contribution in [1.82, 2.24) is 24.9 Å². The molecule has 5 fully saturated rings. The van der Waals surface area contributed by atoms with Crippen LogP contribution in [0.1, 0.15) is 43.0 Å². The Morgan fingerprint density at radius 2 is 1.77 bits per heavy atom. The van der Waals surface area contributed by atoms with Crippen molar-refractivity contribution in [3.8, 4) is 0 Å². The number of urea groups is 1. The molecule has 1 aromatic heterocycles. The van der Waals surface area contributed by atoms with E-state index in [9.17, 15) is 4.79 Å². The van der Waals surface area contributed by atoms with Gasteiger partial charge in [-0.15, -0.1) is 10.2 Å². The van der Waals surface area contributed by atoms with Crippen molar-refractivity contribution in [3.63, 3.8) is 0 Å². The largest absolute Gasteiger partial charge is 0.323 e. The van der Waals surface area contributed by atoms with Gasteiger partial charge in [0.25, 0.3) is 0 Å². The van der Waals surface area contributed by atoms with Crippen LogP contribution in [0.2, 0.25) is 0 Å². The van der Waals surface area contributed by atoms with Gasteiger partial charge in [-0.3, -0.25) is 10.2 Å². The minimum Gasteiger partial charge on any atom is -0.322 e. The Labute approximate surface area is 158 Å². The Morgan fingerprint density at radius 3 is 2.38 bits per heavy atom. The highest BCUT2D eigenvalue weighted by atomic mass is 32.1. The van der Waals surface area contributed by atoms with Crippen LogP contribution in [0.3, 0.4) is 0 Å². The van der Waals surface area contributed by atoms with E-state index in [0.29, 0.717) is 17.1 Å². The Kier molecular flexibility index (Phi) is 4.58. The summed E-state index contributed by atoms with van der Waals surface area (Å²) in [4.78, 5) is 19.7. The van der Waals surface area contributed by atoms with Gasteiger partial charge in [0.2, 0.25) is 5.13 Å². The van der Waals surface area contributed by atoms with Crippen molar-refractivity contribution in [2.24, 2.45) is 5.92 Å². The fourth-order valence-corrected chi connectivity index (χ4v) is 5.78. The molecule has 0 radical (unpaired) electrons. The van der Waals surface area contributed by atoms with Crippen molar-refractivity contribution in [1.29, 1.82) is 0 Å². The lowest BCUT2D eigenvalue weighted by Gasteiger charge is -2.50. The van der Waals surface area contributed by atoms with Gasteiger partial charge < -0.3 is 9.80 Å². The molecule has 4 aliphatic heterocycles. The molecule has 142 valence electrons. The Hall–Kier alpha value is -1.25. The van der Waals surface area contributed by atoms with E-state index in [-0.39, 0.29) is 6.03 Å². The zero-order valence-electron chi connectivity index (χ0n) is 15.3. The summed E-state index contributed by atoms with van der Waals surface area (Å²) >= 11 is 1.54. The summed E-state index contributed by atoms with van der Waals surface area (Å²) in [6.45, 7) is 7.40. The molecule has 4 saturated heterocycles. The normalized spacial score (nSPS) is 32.5. The molecule has 5 heterocycles. The molecule has 0 aromatic carbocycles. The van der Waals surface area contributed by atoms with Crippen LogP contribution in [0.5, 0.6) is 0 Å². The first-order valence-electron chi connectivity index (χ1n) is 10.1. The van der Waals surface area contributed by atoms with E-state index >= 15 is 0 Å². The Balaban J connectivity index is 1.13. The zero-order chi connectivity index (χ0) is 17.5. The summed E-state index contributed by atoms with van der Waals surface area (Å²) in [6, 6.07) is 0.686. The first-order chi connectivity index (χ1) is 12.8. The molecule has 1 atom stereocenters. The van der Waals surface area contributed by atoms with Crippen LogP contribution in [0, 0.1) is 5.92 Å². The average molecular weight is 377 g/mol. The number of piperazine rings is 1. The molecule has 1 aromatic rings. The topological polar surface area (TPSA) is 64.6 Å². The van der Waals surface area contributed by atoms with Gasteiger partial charge in [0.15, 0.2) is 0 Å². The predicted octanol–water partition coefficient (Wildman–Crippen LogP) is 2.05. The highest BCUT2D eigenvalue weighted by Gasteiger charge is 2.38. The van der Waals surface area contributed by atoms with Crippen LogP contribution < -0.4 is 5.32 Å². The van der Waals surface area contributed by atoms with Gasteiger partial charge in [0.05, 0.1) is 0 Å². The number of carbonyl (C=O) groups is 1. The third-order valence-corrected chi connectivity index (χ3v) is 7.80. The smallest absolute Gasteiger partial charge is 0.322 e. The lowest BCUT2D eigenvalue weighted by atomic mass is 9.83. The first-order valence-corrected chi connectivity index (χ1v) is 10.9. The second kappa shape index (κ2) is 7.05.